The van der Waals surface area contributed by atoms with Crippen LogP contribution in [-0.2, 0) is 6.54 Å². The van der Waals surface area contributed by atoms with E-state index in [9.17, 15) is 9.18 Å². The quantitative estimate of drug-likeness (QED) is 0.719. The van der Waals surface area contributed by atoms with E-state index in [0.29, 0.717) is 23.5 Å². The van der Waals surface area contributed by atoms with Crippen molar-refractivity contribution < 1.29 is 9.13 Å². The van der Waals surface area contributed by atoms with Gasteiger partial charge >= 0.3 is 0 Å². The lowest BCUT2D eigenvalue weighted by atomic mass is 10.1. The predicted octanol–water partition coefficient (Wildman–Crippen LogP) is 2.95. The fourth-order valence-electron chi connectivity index (χ4n) is 3.90. The molecule has 0 aliphatic carbocycles. The van der Waals surface area contributed by atoms with Gasteiger partial charge in [0.15, 0.2) is 0 Å². The van der Waals surface area contributed by atoms with Crippen molar-refractivity contribution in [3.05, 3.63) is 70.0 Å². The van der Waals surface area contributed by atoms with Crippen LogP contribution < -0.4 is 10.3 Å². The minimum atomic E-state index is -0.251. The summed E-state index contributed by atoms with van der Waals surface area (Å²) in [6.45, 7) is 6.10. The van der Waals surface area contributed by atoms with E-state index in [2.05, 4.69) is 26.7 Å². The number of benzene rings is 2. The van der Waals surface area contributed by atoms with E-state index in [1.165, 1.54) is 12.1 Å². The Morgan fingerprint density at radius 1 is 1.17 bits per heavy atom. The lowest BCUT2D eigenvalue weighted by Gasteiger charge is -2.37. The van der Waals surface area contributed by atoms with Crippen molar-refractivity contribution in [1.29, 1.82) is 0 Å². The molecule has 2 aromatic carbocycles. The molecular weight excluding hydrogens is 371 g/mol. The third kappa shape index (κ3) is 4.16. The summed E-state index contributed by atoms with van der Waals surface area (Å²) in [6.07, 6.45) is 0. The molecule has 0 saturated carbocycles. The van der Waals surface area contributed by atoms with Crippen LogP contribution in [0.4, 0.5) is 4.39 Å². The summed E-state index contributed by atoms with van der Waals surface area (Å²) in [5.74, 6) is 1.15. The van der Waals surface area contributed by atoms with Crippen molar-refractivity contribution in [2.45, 2.75) is 19.5 Å². The fraction of sp³-hybridized carbons (Fsp3) is 0.364. The summed E-state index contributed by atoms with van der Waals surface area (Å²) in [5.41, 5.74) is 1.47. The number of halogens is 1. The highest BCUT2D eigenvalue weighted by atomic mass is 19.1. The van der Waals surface area contributed by atoms with Crippen LogP contribution in [0.25, 0.3) is 10.9 Å². The molecule has 2 heterocycles. The van der Waals surface area contributed by atoms with Crippen LogP contribution in [-0.4, -0.2) is 53.1 Å². The smallest absolute Gasteiger partial charge is 0.258 e. The monoisotopic (exact) mass is 396 g/mol. The summed E-state index contributed by atoms with van der Waals surface area (Å²) in [5, 5.41) is 0.609. The first-order valence-electron chi connectivity index (χ1n) is 9.83. The lowest BCUT2D eigenvalue weighted by molar-refractivity contribution is 0.0942. The third-order valence-corrected chi connectivity index (χ3v) is 5.62. The number of rotatable bonds is 5. The maximum absolute atomic E-state index is 13.6. The van der Waals surface area contributed by atoms with Crippen molar-refractivity contribution in [3.8, 4) is 5.75 Å². The standard InChI is InChI=1S/C22H25FN4O2/c1-15(21-24-19-6-4-3-5-18(19)22(28)25-21)27-11-9-26(10-12-27)14-16-13-17(23)7-8-20(16)29-2/h3-8,13,15H,9-12,14H2,1-2H3,(H,24,25,28)/t15-/m1/s1. The SMILES string of the molecule is COc1ccc(F)cc1CN1CCN([C@H](C)c2nc3ccccc3c(=O)[nH]2)CC1. The van der Waals surface area contributed by atoms with Gasteiger partial charge in [0.2, 0.25) is 0 Å². The number of aromatic nitrogens is 2. The third-order valence-electron chi connectivity index (χ3n) is 5.62. The Morgan fingerprint density at radius 2 is 1.93 bits per heavy atom. The van der Waals surface area contributed by atoms with E-state index in [1.807, 2.05) is 18.2 Å². The molecule has 0 bridgehead atoms. The second-order valence-corrected chi connectivity index (χ2v) is 7.41. The summed E-state index contributed by atoms with van der Waals surface area (Å²) in [4.78, 5) is 24.6. The number of piperazine rings is 1. The highest BCUT2D eigenvalue weighted by Crippen LogP contribution is 2.24. The predicted molar refractivity (Wildman–Crippen MR) is 111 cm³/mol. The Hall–Kier alpha value is -2.77. The van der Waals surface area contributed by atoms with E-state index in [1.54, 1.807) is 19.2 Å². The minimum Gasteiger partial charge on any atom is -0.496 e. The summed E-state index contributed by atoms with van der Waals surface area (Å²) in [6, 6.07) is 12.0. The van der Waals surface area contributed by atoms with Crippen LogP contribution in [0.5, 0.6) is 5.75 Å². The normalized spacial score (nSPS) is 16.8. The maximum atomic E-state index is 13.6. The Morgan fingerprint density at radius 3 is 2.69 bits per heavy atom. The zero-order valence-electron chi connectivity index (χ0n) is 16.7. The molecule has 29 heavy (non-hydrogen) atoms. The van der Waals surface area contributed by atoms with E-state index >= 15 is 0 Å². The number of hydrogen-bond donors (Lipinski definition) is 1. The molecule has 1 aliphatic rings. The Kier molecular flexibility index (Phi) is 5.60. The van der Waals surface area contributed by atoms with Crippen molar-refractivity contribution in [2.24, 2.45) is 0 Å². The molecule has 1 N–H and O–H groups in total. The van der Waals surface area contributed by atoms with Gasteiger partial charge in [0, 0.05) is 38.3 Å². The average Bonchev–Trinajstić information content (AvgIpc) is 2.74. The van der Waals surface area contributed by atoms with Gasteiger partial charge in [-0.05, 0) is 37.3 Å². The van der Waals surface area contributed by atoms with Crippen LogP contribution in [0, 0.1) is 5.82 Å². The molecule has 1 saturated heterocycles. The van der Waals surface area contributed by atoms with Crippen LogP contribution in [0.1, 0.15) is 24.4 Å². The number of methoxy groups -OCH3 is 1. The van der Waals surface area contributed by atoms with Crippen LogP contribution in [0.3, 0.4) is 0 Å². The molecule has 4 rings (SSSR count). The molecular formula is C22H25FN4O2. The van der Waals surface area contributed by atoms with E-state index in [0.717, 1.165) is 37.3 Å². The number of para-hydroxylation sites is 1. The van der Waals surface area contributed by atoms with Gasteiger partial charge in [-0.2, -0.15) is 0 Å². The van der Waals surface area contributed by atoms with Crippen LogP contribution in [0.15, 0.2) is 47.3 Å². The van der Waals surface area contributed by atoms with Gasteiger partial charge in [0.05, 0.1) is 24.1 Å². The second kappa shape index (κ2) is 8.31. The molecule has 1 aromatic heterocycles. The molecule has 1 aliphatic heterocycles. The average molecular weight is 396 g/mol. The summed E-state index contributed by atoms with van der Waals surface area (Å²) >= 11 is 0. The fourth-order valence-corrected chi connectivity index (χ4v) is 3.90. The van der Waals surface area contributed by atoms with Crippen molar-refractivity contribution in [2.75, 3.05) is 33.3 Å². The number of H-pyrrole nitrogens is 1. The Balaban J connectivity index is 1.43. The topological polar surface area (TPSA) is 61.5 Å². The first-order valence-corrected chi connectivity index (χ1v) is 9.83. The number of nitrogens with zero attached hydrogens (tertiary/aromatic N) is 3. The van der Waals surface area contributed by atoms with Gasteiger partial charge in [-0.3, -0.25) is 14.6 Å². The molecule has 0 unspecified atom stereocenters. The summed E-state index contributed by atoms with van der Waals surface area (Å²) in [7, 11) is 1.60. The Labute approximate surface area is 168 Å². The largest absolute Gasteiger partial charge is 0.496 e. The molecule has 6 nitrogen and oxygen atoms in total. The maximum Gasteiger partial charge on any atom is 0.258 e. The molecule has 0 spiro atoms. The number of nitrogens with one attached hydrogen (secondary N) is 1. The summed E-state index contributed by atoms with van der Waals surface area (Å²) < 4.78 is 19.0. The number of hydrogen-bond acceptors (Lipinski definition) is 5. The molecule has 152 valence electrons. The highest BCUT2D eigenvalue weighted by molar-refractivity contribution is 5.77. The van der Waals surface area contributed by atoms with Gasteiger partial charge in [0.1, 0.15) is 17.4 Å². The van der Waals surface area contributed by atoms with Crippen LogP contribution in [0.2, 0.25) is 0 Å². The van der Waals surface area contributed by atoms with E-state index < -0.39 is 0 Å². The van der Waals surface area contributed by atoms with Crippen molar-refractivity contribution in [1.82, 2.24) is 19.8 Å². The van der Waals surface area contributed by atoms with Crippen molar-refractivity contribution >= 4 is 10.9 Å². The van der Waals surface area contributed by atoms with Gasteiger partial charge < -0.3 is 9.72 Å². The number of aromatic amines is 1. The highest BCUT2D eigenvalue weighted by Gasteiger charge is 2.24. The van der Waals surface area contributed by atoms with Gasteiger partial charge in [-0.15, -0.1) is 0 Å². The lowest BCUT2D eigenvalue weighted by Crippen LogP contribution is -2.47. The van der Waals surface area contributed by atoms with Crippen LogP contribution >= 0.6 is 0 Å². The molecule has 7 heteroatoms. The molecule has 0 amide bonds. The van der Waals surface area contributed by atoms with Gasteiger partial charge in [-0.25, -0.2) is 9.37 Å². The Bertz CT molecular complexity index is 1060. The van der Waals surface area contributed by atoms with Crippen molar-refractivity contribution in [3.63, 3.8) is 0 Å². The number of fused-ring (bicyclic) bond motifs is 1. The minimum absolute atomic E-state index is 0.0122. The molecule has 3 aromatic rings. The zero-order chi connectivity index (χ0) is 20.4. The first-order chi connectivity index (χ1) is 14.0. The van der Waals surface area contributed by atoms with Gasteiger partial charge in [0.25, 0.3) is 5.56 Å². The van der Waals surface area contributed by atoms with E-state index in [-0.39, 0.29) is 17.4 Å². The first kappa shape index (κ1) is 19.5. The molecule has 1 atom stereocenters. The number of ether oxygens (including phenoxy) is 1. The van der Waals surface area contributed by atoms with E-state index in [4.69, 9.17) is 4.74 Å². The molecule has 0 radical (unpaired) electrons. The second-order valence-electron chi connectivity index (χ2n) is 7.41. The van der Waals surface area contributed by atoms with Gasteiger partial charge in [-0.1, -0.05) is 12.1 Å². The zero-order valence-corrected chi connectivity index (χ0v) is 16.7. The molecule has 1 fully saturated rings.